The van der Waals surface area contributed by atoms with Crippen LogP contribution in [0.15, 0.2) is 48.5 Å². The standard InChI is InChI=1S/C22H28N4O3/c1-29-19-6-4-5-18(13-19)20(26-11-2-3-12-26)15-24-21(27)17-9-7-16(8-10-17)14-25-22(23)28/h4-10,13,20H,2-3,11-12,14-15H2,1H3,(H,24,27)(H3,23,25,28). The van der Waals surface area contributed by atoms with Gasteiger partial charge in [-0.15, -0.1) is 0 Å². The first-order valence-electron chi connectivity index (χ1n) is 9.85. The summed E-state index contributed by atoms with van der Waals surface area (Å²) in [4.78, 5) is 25.9. The maximum absolute atomic E-state index is 12.7. The van der Waals surface area contributed by atoms with E-state index in [0.717, 1.165) is 30.0 Å². The Morgan fingerprint density at radius 2 is 1.83 bits per heavy atom. The number of nitrogens with two attached hydrogens (primary N) is 1. The topological polar surface area (TPSA) is 96.7 Å². The Labute approximate surface area is 171 Å². The number of urea groups is 1. The van der Waals surface area contributed by atoms with E-state index in [0.29, 0.717) is 18.7 Å². The smallest absolute Gasteiger partial charge is 0.312 e. The molecule has 0 radical (unpaired) electrons. The summed E-state index contributed by atoms with van der Waals surface area (Å²) in [5, 5.41) is 5.60. The normalized spacial score (nSPS) is 14.9. The van der Waals surface area contributed by atoms with Crippen LogP contribution in [0, 0.1) is 0 Å². The molecule has 1 aliphatic rings. The van der Waals surface area contributed by atoms with Gasteiger partial charge in [-0.1, -0.05) is 24.3 Å². The SMILES string of the molecule is COc1cccc(C(CNC(=O)c2ccc(CNC(N)=O)cc2)N2CCCC2)c1. The van der Waals surface area contributed by atoms with Crippen molar-refractivity contribution in [2.24, 2.45) is 5.73 Å². The highest BCUT2D eigenvalue weighted by molar-refractivity contribution is 5.94. The molecular weight excluding hydrogens is 368 g/mol. The van der Waals surface area contributed by atoms with Gasteiger partial charge >= 0.3 is 6.03 Å². The van der Waals surface area contributed by atoms with E-state index in [4.69, 9.17) is 10.5 Å². The third kappa shape index (κ3) is 5.71. The van der Waals surface area contributed by atoms with E-state index in [9.17, 15) is 9.59 Å². The van der Waals surface area contributed by atoms with Crippen LogP contribution in [0.2, 0.25) is 0 Å². The highest BCUT2D eigenvalue weighted by atomic mass is 16.5. The van der Waals surface area contributed by atoms with Gasteiger partial charge in [0.05, 0.1) is 13.2 Å². The molecule has 3 amide bonds. The first-order chi connectivity index (χ1) is 14.1. The van der Waals surface area contributed by atoms with Gasteiger partial charge in [0.2, 0.25) is 0 Å². The molecule has 1 aliphatic heterocycles. The molecule has 0 aromatic heterocycles. The fourth-order valence-electron chi connectivity index (χ4n) is 3.61. The van der Waals surface area contributed by atoms with Gasteiger partial charge in [-0.25, -0.2) is 4.79 Å². The molecular formula is C22H28N4O3. The summed E-state index contributed by atoms with van der Waals surface area (Å²) in [5.74, 6) is 0.699. The lowest BCUT2D eigenvalue weighted by molar-refractivity contribution is 0.0938. The number of hydrogen-bond donors (Lipinski definition) is 3. The molecule has 4 N–H and O–H groups in total. The van der Waals surface area contributed by atoms with Crippen molar-refractivity contribution in [3.05, 3.63) is 65.2 Å². The number of carbonyl (C=O) groups excluding carboxylic acids is 2. The van der Waals surface area contributed by atoms with Crippen LogP contribution in [0.25, 0.3) is 0 Å². The largest absolute Gasteiger partial charge is 0.497 e. The Morgan fingerprint density at radius 1 is 1.10 bits per heavy atom. The van der Waals surface area contributed by atoms with Crippen molar-refractivity contribution >= 4 is 11.9 Å². The zero-order valence-corrected chi connectivity index (χ0v) is 16.7. The lowest BCUT2D eigenvalue weighted by atomic mass is 10.0. The second kappa shape index (κ2) is 9.93. The van der Waals surface area contributed by atoms with Gasteiger partial charge in [-0.3, -0.25) is 9.69 Å². The quantitative estimate of drug-likeness (QED) is 0.638. The van der Waals surface area contributed by atoms with E-state index >= 15 is 0 Å². The second-order valence-electron chi connectivity index (χ2n) is 7.16. The molecule has 1 saturated heterocycles. The number of nitrogens with one attached hydrogen (secondary N) is 2. The summed E-state index contributed by atoms with van der Waals surface area (Å²) in [6.45, 7) is 2.92. The third-order valence-electron chi connectivity index (χ3n) is 5.20. The molecule has 1 atom stereocenters. The van der Waals surface area contributed by atoms with Gasteiger partial charge < -0.3 is 21.1 Å². The summed E-state index contributed by atoms with van der Waals surface area (Å²) in [6, 6.07) is 14.7. The first-order valence-corrected chi connectivity index (χ1v) is 9.85. The van der Waals surface area contributed by atoms with Gasteiger partial charge in [0, 0.05) is 18.7 Å². The fraction of sp³-hybridized carbons (Fsp3) is 0.364. The van der Waals surface area contributed by atoms with Crippen molar-refractivity contribution < 1.29 is 14.3 Å². The summed E-state index contributed by atoms with van der Waals surface area (Å²) in [6.07, 6.45) is 2.35. The maximum atomic E-state index is 12.7. The van der Waals surface area contributed by atoms with E-state index in [1.54, 1.807) is 19.2 Å². The minimum atomic E-state index is -0.572. The summed E-state index contributed by atoms with van der Waals surface area (Å²) < 4.78 is 5.37. The number of carbonyl (C=O) groups is 2. The minimum Gasteiger partial charge on any atom is -0.497 e. The highest BCUT2D eigenvalue weighted by Gasteiger charge is 2.24. The van der Waals surface area contributed by atoms with Crippen molar-refractivity contribution in [1.82, 2.24) is 15.5 Å². The van der Waals surface area contributed by atoms with Gasteiger partial charge in [0.1, 0.15) is 5.75 Å². The predicted molar refractivity (Wildman–Crippen MR) is 112 cm³/mol. The molecule has 1 fully saturated rings. The molecule has 2 aromatic carbocycles. The van der Waals surface area contributed by atoms with E-state index in [-0.39, 0.29) is 11.9 Å². The Morgan fingerprint density at radius 3 is 2.48 bits per heavy atom. The van der Waals surface area contributed by atoms with Crippen molar-refractivity contribution in [2.75, 3.05) is 26.7 Å². The highest BCUT2D eigenvalue weighted by Crippen LogP contribution is 2.27. The first kappa shape index (κ1) is 20.7. The number of ether oxygens (including phenoxy) is 1. The lowest BCUT2D eigenvalue weighted by Gasteiger charge is -2.28. The molecule has 2 aromatic rings. The van der Waals surface area contributed by atoms with Gasteiger partial charge in [-0.05, 0) is 61.3 Å². The Bertz CT molecular complexity index is 832. The van der Waals surface area contributed by atoms with Crippen LogP contribution >= 0.6 is 0 Å². The summed E-state index contributed by atoms with van der Waals surface area (Å²) in [7, 11) is 1.66. The maximum Gasteiger partial charge on any atom is 0.312 e. The average molecular weight is 396 g/mol. The fourth-order valence-corrected chi connectivity index (χ4v) is 3.61. The van der Waals surface area contributed by atoms with Gasteiger partial charge in [-0.2, -0.15) is 0 Å². The van der Waals surface area contributed by atoms with Crippen LogP contribution in [0.1, 0.15) is 40.4 Å². The Hall–Kier alpha value is -3.06. The van der Waals surface area contributed by atoms with Crippen molar-refractivity contribution in [1.29, 1.82) is 0 Å². The molecule has 0 spiro atoms. The second-order valence-corrected chi connectivity index (χ2v) is 7.16. The zero-order chi connectivity index (χ0) is 20.6. The number of rotatable bonds is 8. The summed E-state index contributed by atoms with van der Waals surface area (Å²) in [5.41, 5.74) is 7.68. The van der Waals surface area contributed by atoms with Crippen LogP contribution in [-0.4, -0.2) is 43.6 Å². The lowest BCUT2D eigenvalue weighted by Crippen LogP contribution is -2.36. The van der Waals surface area contributed by atoms with Crippen molar-refractivity contribution in [3.63, 3.8) is 0 Å². The van der Waals surface area contributed by atoms with E-state index in [1.807, 2.05) is 30.3 Å². The summed E-state index contributed by atoms with van der Waals surface area (Å²) >= 11 is 0. The van der Waals surface area contributed by atoms with Crippen LogP contribution in [0.5, 0.6) is 5.75 Å². The Balaban J connectivity index is 1.65. The van der Waals surface area contributed by atoms with Crippen LogP contribution in [0.4, 0.5) is 4.79 Å². The molecule has 0 bridgehead atoms. The minimum absolute atomic E-state index is 0.107. The van der Waals surface area contributed by atoms with Crippen LogP contribution in [0.3, 0.4) is 0 Å². The number of likely N-dealkylation sites (tertiary alicyclic amines) is 1. The molecule has 0 saturated carbocycles. The zero-order valence-electron chi connectivity index (χ0n) is 16.7. The number of methoxy groups -OCH3 is 1. The monoisotopic (exact) mass is 396 g/mol. The van der Waals surface area contributed by atoms with Crippen molar-refractivity contribution in [3.8, 4) is 5.75 Å². The van der Waals surface area contributed by atoms with E-state index in [1.165, 1.54) is 12.8 Å². The number of hydrogen-bond acceptors (Lipinski definition) is 4. The average Bonchev–Trinajstić information content (AvgIpc) is 3.27. The number of benzene rings is 2. The van der Waals surface area contributed by atoms with Crippen molar-refractivity contribution in [2.45, 2.75) is 25.4 Å². The molecule has 7 nitrogen and oxygen atoms in total. The van der Waals surface area contributed by atoms with Gasteiger partial charge in [0.25, 0.3) is 5.91 Å². The number of primary amides is 1. The Kier molecular flexibility index (Phi) is 7.08. The molecule has 1 unspecified atom stereocenters. The van der Waals surface area contributed by atoms with Gasteiger partial charge in [0.15, 0.2) is 0 Å². The third-order valence-corrected chi connectivity index (χ3v) is 5.20. The molecule has 154 valence electrons. The predicted octanol–water partition coefficient (Wildman–Crippen LogP) is 2.43. The van der Waals surface area contributed by atoms with Crippen LogP contribution < -0.4 is 21.1 Å². The molecule has 1 heterocycles. The number of amides is 3. The molecule has 7 heteroatoms. The molecule has 29 heavy (non-hydrogen) atoms. The van der Waals surface area contributed by atoms with E-state index in [2.05, 4.69) is 21.6 Å². The molecule has 3 rings (SSSR count). The van der Waals surface area contributed by atoms with E-state index < -0.39 is 6.03 Å². The molecule has 0 aliphatic carbocycles. The van der Waals surface area contributed by atoms with Crippen LogP contribution in [-0.2, 0) is 6.54 Å². The number of nitrogens with zero attached hydrogens (tertiary/aromatic N) is 1.